The Balaban J connectivity index is 1.40. The van der Waals surface area contributed by atoms with Gasteiger partial charge in [0.05, 0.1) is 18.6 Å². The Kier molecular flexibility index (Phi) is 5.18. The molecule has 3 heterocycles. The summed E-state index contributed by atoms with van der Waals surface area (Å²) in [6.45, 7) is 4.10. The molecule has 2 bridgehead atoms. The number of hydrogen-bond donors (Lipinski definition) is 2. The summed E-state index contributed by atoms with van der Waals surface area (Å²) in [5.74, 6) is 0.449. The van der Waals surface area contributed by atoms with Crippen LogP contribution in [0.2, 0.25) is 0 Å². The molecule has 1 aliphatic heterocycles. The van der Waals surface area contributed by atoms with E-state index in [2.05, 4.69) is 15.2 Å². The molecule has 0 radical (unpaired) electrons. The van der Waals surface area contributed by atoms with E-state index in [4.69, 9.17) is 4.74 Å². The molecule has 5 fully saturated rings. The lowest BCUT2D eigenvalue weighted by Gasteiger charge is -2.61. The van der Waals surface area contributed by atoms with Crippen LogP contribution in [0.25, 0.3) is 11.0 Å². The third kappa shape index (κ3) is 3.64. The molecule has 2 N–H and O–H groups in total. The number of aromatic hydroxyl groups is 1. The molecule has 2 aromatic heterocycles. The van der Waals surface area contributed by atoms with Gasteiger partial charge >= 0.3 is 0 Å². The lowest BCUT2D eigenvalue weighted by molar-refractivity contribution is -0.0439. The van der Waals surface area contributed by atoms with Gasteiger partial charge in [-0.1, -0.05) is 12.8 Å². The number of nitrogens with zero attached hydrogens (tertiary/aromatic N) is 3. The Hall–Kier alpha value is -2.45. The summed E-state index contributed by atoms with van der Waals surface area (Å²) in [7, 11) is 0. The second-order valence-electron chi connectivity index (χ2n) is 10.5. The highest BCUT2D eigenvalue weighted by molar-refractivity contribution is 6.02. The van der Waals surface area contributed by atoms with E-state index < -0.39 is 11.5 Å². The van der Waals surface area contributed by atoms with Gasteiger partial charge in [0.1, 0.15) is 17.0 Å². The predicted octanol–water partition coefficient (Wildman–Crippen LogP) is 2.37. The topological polar surface area (TPSA) is 96.7 Å². The standard InChI is InChI=1S/C25H32N4O4/c30-21-19-11-18(17-3-1-2-4-17)15-26-22(19)29(6-5-28-7-9-33-10-8-28)24(32)20(21)23(31)27-25-12-16(13-25)14-25/h11,15-17,30H,1-10,12-14H2,(H,27,31). The highest BCUT2D eigenvalue weighted by Crippen LogP contribution is 2.57. The summed E-state index contributed by atoms with van der Waals surface area (Å²) < 4.78 is 7.01. The zero-order valence-corrected chi connectivity index (χ0v) is 19.0. The van der Waals surface area contributed by atoms with Crippen LogP contribution >= 0.6 is 0 Å². The van der Waals surface area contributed by atoms with Crippen LogP contribution in [0, 0.1) is 5.92 Å². The van der Waals surface area contributed by atoms with Crippen LogP contribution < -0.4 is 10.9 Å². The molecule has 7 rings (SSSR count). The van der Waals surface area contributed by atoms with Crippen molar-refractivity contribution in [3.63, 3.8) is 0 Å². The number of carbonyl (C=O) groups excluding carboxylic acids is 1. The Morgan fingerprint density at radius 1 is 1.18 bits per heavy atom. The van der Waals surface area contributed by atoms with E-state index in [1.54, 1.807) is 4.57 Å². The first-order chi connectivity index (χ1) is 16.0. The van der Waals surface area contributed by atoms with Crippen LogP contribution in [0.5, 0.6) is 5.75 Å². The third-order valence-electron chi connectivity index (χ3n) is 8.31. The van der Waals surface area contributed by atoms with Crippen molar-refractivity contribution in [2.24, 2.45) is 5.92 Å². The summed E-state index contributed by atoms with van der Waals surface area (Å²) in [6, 6.07) is 1.95. The van der Waals surface area contributed by atoms with Gasteiger partial charge in [-0.25, -0.2) is 4.98 Å². The zero-order valence-electron chi connectivity index (χ0n) is 19.0. The zero-order chi connectivity index (χ0) is 22.6. The molecule has 5 aliphatic rings. The van der Waals surface area contributed by atoms with E-state index in [0.29, 0.717) is 49.2 Å². The molecule has 8 nitrogen and oxygen atoms in total. The van der Waals surface area contributed by atoms with Gasteiger partial charge in [0.25, 0.3) is 11.5 Å². The number of rotatable bonds is 6. The molecular weight excluding hydrogens is 420 g/mol. The summed E-state index contributed by atoms with van der Waals surface area (Å²) in [6.07, 6.45) is 9.41. The van der Waals surface area contributed by atoms with Gasteiger partial charge in [0.15, 0.2) is 0 Å². The van der Waals surface area contributed by atoms with Crippen molar-refractivity contribution >= 4 is 16.9 Å². The number of aromatic nitrogens is 2. The lowest BCUT2D eigenvalue weighted by Crippen LogP contribution is -2.68. The molecule has 4 saturated carbocycles. The van der Waals surface area contributed by atoms with E-state index in [1.807, 2.05) is 12.3 Å². The van der Waals surface area contributed by atoms with Crippen molar-refractivity contribution in [3.05, 3.63) is 33.7 Å². The maximum atomic E-state index is 13.5. The van der Waals surface area contributed by atoms with Crippen molar-refractivity contribution in [1.29, 1.82) is 0 Å². The molecule has 8 heteroatoms. The monoisotopic (exact) mass is 452 g/mol. The fraction of sp³-hybridized carbons (Fsp3) is 0.640. The van der Waals surface area contributed by atoms with E-state index in [-0.39, 0.29) is 16.9 Å². The first-order valence-electron chi connectivity index (χ1n) is 12.4. The third-order valence-corrected chi connectivity index (χ3v) is 8.31. The Morgan fingerprint density at radius 3 is 2.58 bits per heavy atom. The molecule has 33 heavy (non-hydrogen) atoms. The first-order valence-corrected chi connectivity index (χ1v) is 12.4. The largest absolute Gasteiger partial charge is 0.506 e. The normalized spacial score (nSPS) is 27.3. The van der Waals surface area contributed by atoms with Gasteiger partial charge in [-0.05, 0) is 55.6 Å². The Labute approximate surface area is 192 Å². The van der Waals surface area contributed by atoms with Gasteiger partial charge in [-0.2, -0.15) is 0 Å². The van der Waals surface area contributed by atoms with Crippen LogP contribution in [0.1, 0.15) is 66.8 Å². The minimum absolute atomic E-state index is 0.139. The van der Waals surface area contributed by atoms with E-state index in [9.17, 15) is 14.7 Å². The molecule has 4 aliphatic carbocycles. The van der Waals surface area contributed by atoms with Crippen LogP contribution in [0.4, 0.5) is 0 Å². The maximum Gasteiger partial charge on any atom is 0.268 e. The molecule has 0 atom stereocenters. The molecule has 0 unspecified atom stereocenters. The smallest absolute Gasteiger partial charge is 0.268 e. The summed E-state index contributed by atoms with van der Waals surface area (Å²) in [5, 5.41) is 14.7. The molecule has 0 aromatic carbocycles. The maximum absolute atomic E-state index is 13.5. The van der Waals surface area contributed by atoms with Crippen LogP contribution in [-0.4, -0.2) is 63.9 Å². The predicted molar refractivity (Wildman–Crippen MR) is 124 cm³/mol. The second-order valence-corrected chi connectivity index (χ2v) is 10.5. The number of carbonyl (C=O) groups is 1. The summed E-state index contributed by atoms with van der Waals surface area (Å²) in [4.78, 5) is 33.7. The van der Waals surface area contributed by atoms with Gasteiger partial charge in [-0.3, -0.25) is 19.1 Å². The number of nitrogens with one attached hydrogen (secondary N) is 1. The van der Waals surface area contributed by atoms with Gasteiger partial charge in [-0.15, -0.1) is 0 Å². The number of ether oxygens (including phenoxy) is 1. The molecule has 176 valence electrons. The number of morpholine rings is 1. The average molecular weight is 453 g/mol. The Bertz CT molecular complexity index is 1130. The lowest BCUT2D eigenvalue weighted by atomic mass is 9.50. The fourth-order valence-corrected chi connectivity index (χ4v) is 6.23. The number of hydrogen-bond acceptors (Lipinski definition) is 6. The highest BCUT2D eigenvalue weighted by atomic mass is 16.5. The van der Waals surface area contributed by atoms with Crippen molar-refractivity contribution in [2.75, 3.05) is 32.8 Å². The molecule has 1 amide bonds. The SMILES string of the molecule is O=C(NC12CC(C1)C2)c1c(O)c2cc(C3CCCC3)cnc2n(CCN2CCOCC2)c1=O. The minimum atomic E-state index is -0.460. The number of pyridine rings is 2. The quantitative estimate of drug-likeness (QED) is 0.699. The van der Waals surface area contributed by atoms with Crippen LogP contribution in [0.3, 0.4) is 0 Å². The fourth-order valence-electron chi connectivity index (χ4n) is 6.23. The number of amides is 1. The first kappa shape index (κ1) is 21.1. The van der Waals surface area contributed by atoms with Crippen molar-refractivity contribution in [3.8, 4) is 5.75 Å². The molecule has 1 saturated heterocycles. The van der Waals surface area contributed by atoms with Crippen molar-refractivity contribution in [1.82, 2.24) is 19.8 Å². The summed E-state index contributed by atoms with van der Waals surface area (Å²) >= 11 is 0. The van der Waals surface area contributed by atoms with Crippen molar-refractivity contribution in [2.45, 2.75) is 62.9 Å². The van der Waals surface area contributed by atoms with Gasteiger partial charge in [0.2, 0.25) is 0 Å². The summed E-state index contributed by atoms with van der Waals surface area (Å²) in [5.41, 5.74) is 0.769. The highest BCUT2D eigenvalue weighted by Gasteiger charge is 2.57. The van der Waals surface area contributed by atoms with E-state index in [1.165, 1.54) is 12.8 Å². The molecule has 2 aromatic rings. The second kappa shape index (κ2) is 8.09. The Morgan fingerprint density at radius 2 is 1.91 bits per heavy atom. The van der Waals surface area contributed by atoms with Gasteiger partial charge in [0, 0.05) is 37.9 Å². The average Bonchev–Trinajstić information content (AvgIpc) is 3.31. The van der Waals surface area contributed by atoms with Crippen LogP contribution in [-0.2, 0) is 11.3 Å². The number of fused-ring (bicyclic) bond motifs is 1. The van der Waals surface area contributed by atoms with E-state index in [0.717, 1.165) is 50.8 Å². The van der Waals surface area contributed by atoms with Crippen LogP contribution in [0.15, 0.2) is 17.1 Å². The minimum Gasteiger partial charge on any atom is -0.506 e. The van der Waals surface area contributed by atoms with Crippen molar-refractivity contribution < 1.29 is 14.6 Å². The molecule has 0 spiro atoms. The van der Waals surface area contributed by atoms with Gasteiger partial charge < -0.3 is 15.2 Å². The molecular formula is C25H32N4O4. The van der Waals surface area contributed by atoms with E-state index >= 15 is 0 Å².